The van der Waals surface area contributed by atoms with Gasteiger partial charge in [-0.3, -0.25) is 4.79 Å². The number of carbonyl (C=O) groups is 1. The Morgan fingerprint density at radius 3 is 2.50 bits per heavy atom. The van der Waals surface area contributed by atoms with Crippen LogP contribution in [-0.2, 0) is 16.4 Å². The molecule has 0 bridgehead atoms. The smallest absolute Gasteiger partial charge is 0.252 e. The molecule has 0 unspecified atom stereocenters. The predicted octanol–water partition coefficient (Wildman–Crippen LogP) is 3.07. The first-order chi connectivity index (χ1) is 12.5. The molecule has 1 amide bonds. The Bertz CT molecular complexity index is 1010. The van der Waals surface area contributed by atoms with Crippen molar-refractivity contribution in [2.24, 2.45) is 0 Å². The molecule has 26 heavy (non-hydrogen) atoms. The molecule has 3 rings (SSSR count). The van der Waals surface area contributed by atoms with E-state index in [0.29, 0.717) is 11.5 Å². The number of hydrogen-bond acceptors (Lipinski definition) is 5. The van der Waals surface area contributed by atoms with Crippen molar-refractivity contribution in [1.29, 1.82) is 0 Å². The van der Waals surface area contributed by atoms with E-state index >= 15 is 0 Å². The molecule has 0 aliphatic carbocycles. The second-order valence-corrected chi connectivity index (χ2v) is 7.87. The minimum Gasteiger partial charge on any atom is -0.359 e. The zero-order valence-corrected chi connectivity index (χ0v) is 15.0. The monoisotopic (exact) mass is 370 g/mol. The Morgan fingerprint density at radius 1 is 1.08 bits per heavy atom. The van der Waals surface area contributed by atoms with Gasteiger partial charge in [-0.15, -0.1) is 0 Å². The molecule has 1 heterocycles. The van der Waals surface area contributed by atoms with Gasteiger partial charge in [0.05, 0.1) is 22.8 Å². The van der Waals surface area contributed by atoms with Gasteiger partial charge in [0.15, 0.2) is 15.6 Å². The molecular formula is C19H18N2O4S. The van der Waals surface area contributed by atoms with E-state index in [4.69, 9.17) is 4.52 Å². The lowest BCUT2D eigenvalue weighted by Gasteiger charge is -2.09. The second kappa shape index (κ2) is 7.53. The van der Waals surface area contributed by atoms with Crippen LogP contribution >= 0.6 is 0 Å². The van der Waals surface area contributed by atoms with Gasteiger partial charge in [-0.1, -0.05) is 54.5 Å². The summed E-state index contributed by atoms with van der Waals surface area (Å²) < 4.78 is 29.5. The van der Waals surface area contributed by atoms with Crippen molar-refractivity contribution in [3.05, 3.63) is 72.0 Å². The standard InChI is InChI=1S/C19H18N2O4S/c1-2-26(23,24)18-11-7-6-10-16(18)19(22)20-13-15-12-17(21-25-15)14-8-4-3-5-9-14/h3-12H,2,13H2,1H3,(H,20,22). The summed E-state index contributed by atoms with van der Waals surface area (Å²) in [6.45, 7) is 1.66. The summed E-state index contributed by atoms with van der Waals surface area (Å²) in [5, 5.41) is 6.66. The van der Waals surface area contributed by atoms with Crippen LogP contribution in [0.15, 0.2) is 70.1 Å². The average molecular weight is 370 g/mol. The summed E-state index contributed by atoms with van der Waals surface area (Å²) in [6, 6.07) is 17.4. The maximum Gasteiger partial charge on any atom is 0.252 e. The number of nitrogens with zero attached hydrogens (tertiary/aromatic N) is 1. The Hall–Kier alpha value is -2.93. The number of nitrogens with one attached hydrogen (secondary N) is 1. The quantitative estimate of drug-likeness (QED) is 0.720. The average Bonchev–Trinajstić information content (AvgIpc) is 3.16. The number of carbonyl (C=O) groups excluding carboxylic acids is 1. The first-order valence-corrected chi connectivity index (χ1v) is 9.77. The van der Waals surface area contributed by atoms with Crippen LogP contribution in [0.25, 0.3) is 11.3 Å². The molecule has 6 nitrogen and oxygen atoms in total. The molecule has 0 saturated heterocycles. The zero-order valence-electron chi connectivity index (χ0n) is 14.2. The summed E-state index contributed by atoms with van der Waals surface area (Å²) in [6.07, 6.45) is 0. The van der Waals surface area contributed by atoms with E-state index in [1.54, 1.807) is 25.1 Å². The van der Waals surface area contributed by atoms with Crippen LogP contribution in [-0.4, -0.2) is 25.2 Å². The van der Waals surface area contributed by atoms with Gasteiger partial charge in [0.25, 0.3) is 5.91 Å². The third-order valence-electron chi connectivity index (χ3n) is 3.90. The van der Waals surface area contributed by atoms with Crippen molar-refractivity contribution in [1.82, 2.24) is 10.5 Å². The minimum absolute atomic E-state index is 0.0301. The van der Waals surface area contributed by atoms with Crippen molar-refractivity contribution in [2.45, 2.75) is 18.4 Å². The van der Waals surface area contributed by atoms with Crippen LogP contribution < -0.4 is 5.32 Å². The number of amides is 1. The highest BCUT2D eigenvalue weighted by molar-refractivity contribution is 7.91. The van der Waals surface area contributed by atoms with Crippen LogP contribution in [0.4, 0.5) is 0 Å². The van der Waals surface area contributed by atoms with Crippen LogP contribution in [0.3, 0.4) is 0 Å². The summed E-state index contributed by atoms with van der Waals surface area (Å²) in [5.74, 6) is -0.0665. The molecule has 0 atom stereocenters. The first-order valence-electron chi connectivity index (χ1n) is 8.12. The van der Waals surface area contributed by atoms with Gasteiger partial charge in [0.2, 0.25) is 0 Å². The van der Waals surface area contributed by atoms with Gasteiger partial charge in [-0.05, 0) is 12.1 Å². The number of hydrogen-bond donors (Lipinski definition) is 1. The van der Waals surface area contributed by atoms with Crippen molar-refractivity contribution in [2.75, 3.05) is 5.75 Å². The van der Waals surface area contributed by atoms with E-state index in [0.717, 1.165) is 5.56 Å². The van der Waals surface area contributed by atoms with Crippen molar-refractivity contribution >= 4 is 15.7 Å². The number of benzene rings is 2. The maximum atomic E-state index is 12.4. The summed E-state index contributed by atoms with van der Waals surface area (Å²) >= 11 is 0. The molecule has 0 fully saturated rings. The Kier molecular flexibility index (Phi) is 5.18. The summed E-state index contributed by atoms with van der Waals surface area (Å²) in [4.78, 5) is 12.5. The summed E-state index contributed by atoms with van der Waals surface area (Å²) in [7, 11) is -3.49. The van der Waals surface area contributed by atoms with E-state index in [9.17, 15) is 13.2 Å². The molecule has 134 valence electrons. The fourth-order valence-corrected chi connectivity index (χ4v) is 3.58. The molecule has 0 saturated carbocycles. The van der Waals surface area contributed by atoms with Crippen LogP contribution in [0.2, 0.25) is 0 Å². The van der Waals surface area contributed by atoms with Crippen molar-refractivity contribution < 1.29 is 17.7 Å². The van der Waals surface area contributed by atoms with E-state index in [2.05, 4.69) is 10.5 Å². The molecule has 7 heteroatoms. The molecule has 2 aromatic carbocycles. The number of sulfone groups is 1. The molecule has 0 spiro atoms. The zero-order chi connectivity index (χ0) is 18.6. The lowest BCUT2D eigenvalue weighted by molar-refractivity contribution is 0.0943. The molecular weight excluding hydrogens is 352 g/mol. The molecule has 1 aromatic heterocycles. The molecule has 0 aliphatic heterocycles. The van der Waals surface area contributed by atoms with Crippen LogP contribution in [0, 0.1) is 0 Å². The molecule has 0 radical (unpaired) electrons. The van der Waals surface area contributed by atoms with E-state index in [-0.39, 0.29) is 22.8 Å². The highest BCUT2D eigenvalue weighted by Gasteiger charge is 2.20. The van der Waals surface area contributed by atoms with E-state index in [1.165, 1.54) is 12.1 Å². The number of rotatable bonds is 6. The van der Waals surface area contributed by atoms with Crippen LogP contribution in [0.1, 0.15) is 23.0 Å². The molecule has 1 N–H and O–H groups in total. The van der Waals surface area contributed by atoms with Crippen molar-refractivity contribution in [3.8, 4) is 11.3 Å². The first kappa shape index (κ1) is 17.9. The number of aromatic nitrogens is 1. The van der Waals surface area contributed by atoms with Gasteiger partial charge >= 0.3 is 0 Å². The second-order valence-electron chi connectivity index (χ2n) is 5.63. The Morgan fingerprint density at radius 2 is 1.77 bits per heavy atom. The highest BCUT2D eigenvalue weighted by Crippen LogP contribution is 2.19. The maximum absolute atomic E-state index is 12.4. The Balaban J connectivity index is 1.74. The van der Waals surface area contributed by atoms with Gasteiger partial charge in [-0.2, -0.15) is 0 Å². The van der Waals surface area contributed by atoms with Gasteiger partial charge < -0.3 is 9.84 Å². The van der Waals surface area contributed by atoms with E-state index < -0.39 is 15.7 Å². The molecule has 3 aromatic rings. The normalized spacial score (nSPS) is 11.3. The Labute approximate surface area is 151 Å². The SMILES string of the molecule is CCS(=O)(=O)c1ccccc1C(=O)NCc1cc(-c2ccccc2)no1. The fourth-order valence-electron chi connectivity index (χ4n) is 2.48. The predicted molar refractivity (Wildman–Crippen MR) is 97.3 cm³/mol. The fraction of sp³-hybridized carbons (Fsp3) is 0.158. The van der Waals surface area contributed by atoms with E-state index in [1.807, 2.05) is 30.3 Å². The van der Waals surface area contributed by atoms with Gasteiger partial charge in [0.1, 0.15) is 5.69 Å². The third kappa shape index (κ3) is 3.83. The van der Waals surface area contributed by atoms with Gasteiger partial charge in [-0.25, -0.2) is 8.42 Å². The van der Waals surface area contributed by atoms with Gasteiger partial charge in [0, 0.05) is 11.6 Å². The largest absolute Gasteiger partial charge is 0.359 e. The summed E-state index contributed by atoms with van der Waals surface area (Å²) in [5.41, 5.74) is 1.70. The third-order valence-corrected chi connectivity index (χ3v) is 5.68. The van der Waals surface area contributed by atoms with Crippen molar-refractivity contribution in [3.63, 3.8) is 0 Å². The topological polar surface area (TPSA) is 89.3 Å². The minimum atomic E-state index is -3.49. The lowest BCUT2D eigenvalue weighted by atomic mass is 10.1. The van der Waals surface area contributed by atoms with Crippen LogP contribution in [0.5, 0.6) is 0 Å². The highest BCUT2D eigenvalue weighted by atomic mass is 32.2. The lowest BCUT2D eigenvalue weighted by Crippen LogP contribution is -2.24. The molecule has 0 aliphatic rings.